The molecule has 3 rings (SSSR count). The molecule has 0 bridgehead atoms. The molecule has 1 amide bonds. The third-order valence-electron chi connectivity index (χ3n) is 6.15. The average Bonchev–Trinajstić information content (AvgIpc) is 3.16. The maximum atomic E-state index is 13.8. The van der Waals surface area contributed by atoms with Crippen LogP contribution in [-0.2, 0) is 4.79 Å². The SMILES string of the molecule is CCCC(C)C(=O)N(c1cc(C2=CCCCC2)sc1C(=O)O)C1CCC(F)CC1. The van der Waals surface area contributed by atoms with Crippen LogP contribution >= 0.6 is 11.3 Å². The number of hydrogen-bond donors (Lipinski definition) is 1. The largest absolute Gasteiger partial charge is 0.477 e. The van der Waals surface area contributed by atoms with Crippen LogP contribution < -0.4 is 4.90 Å². The second-order valence-corrected chi connectivity index (χ2v) is 9.46. The van der Waals surface area contributed by atoms with Crippen molar-refractivity contribution in [2.75, 3.05) is 4.90 Å². The number of rotatable bonds is 7. The molecule has 1 aromatic heterocycles. The zero-order chi connectivity index (χ0) is 21.0. The second kappa shape index (κ2) is 9.88. The minimum absolute atomic E-state index is 0.0290. The molecule has 6 heteroatoms. The van der Waals surface area contributed by atoms with Gasteiger partial charge in [-0.25, -0.2) is 9.18 Å². The predicted molar refractivity (Wildman–Crippen MR) is 116 cm³/mol. The van der Waals surface area contributed by atoms with Crippen LogP contribution in [0.4, 0.5) is 10.1 Å². The lowest BCUT2D eigenvalue weighted by molar-refractivity contribution is -0.122. The van der Waals surface area contributed by atoms with Crippen LogP contribution in [0.2, 0.25) is 0 Å². The van der Waals surface area contributed by atoms with Crippen LogP contribution in [0.5, 0.6) is 0 Å². The Labute approximate surface area is 176 Å². The first-order valence-electron chi connectivity index (χ1n) is 11.0. The Morgan fingerprint density at radius 1 is 1.28 bits per heavy atom. The zero-order valence-corrected chi connectivity index (χ0v) is 18.3. The molecule has 29 heavy (non-hydrogen) atoms. The van der Waals surface area contributed by atoms with Gasteiger partial charge in [0, 0.05) is 16.8 Å². The molecule has 2 aliphatic rings. The van der Waals surface area contributed by atoms with Crippen molar-refractivity contribution in [3.8, 4) is 0 Å². The highest BCUT2D eigenvalue weighted by Gasteiger charge is 2.35. The summed E-state index contributed by atoms with van der Waals surface area (Å²) in [5.74, 6) is -1.20. The summed E-state index contributed by atoms with van der Waals surface area (Å²) >= 11 is 1.27. The number of carbonyl (C=O) groups excluding carboxylic acids is 1. The maximum absolute atomic E-state index is 13.8. The predicted octanol–water partition coefficient (Wildman–Crippen LogP) is 6.45. The van der Waals surface area contributed by atoms with Gasteiger partial charge in [0.25, 0.3) is 0 Å². The average molecular weight is 422 g/mol. The summed E-state index contributed by atoms with van der Waals surface area (Å²) < 4.78 is 13.8. The molecule has 1 N–H and O–H groups in total. The van der Waals surface area contributed by atoms with Gasteiger partial charge in [-0.3, -0.25) is 4.79 Å². The first kappa shape index (κ1) is 22.0. The van der Waals surface area contributed by atoms with Crippen LogP contribution in [0.15, 0.2) is 12.1 Å². The van der Waals surface area contributed by atoms with Crippen LogP contribution in [0.3, 0.4) is 0 Å². The standard InChI is InChI=1S/C23H32FNO3S/c1-3-7-15(2)22(26)25(18-12-10-17(24)11-13-18)19-14-20(29-21(19)23(27)28)16-8-5-4-6-9-16/h8,14-15,17-18H,3-7,9-13H2,1-2H3,(H,27,28). The highest BCUT2D eigenvalue weighted by atomic mass is 32.1. The lowest BCUT2D eigenvalue weighted by Gasteiger charge is -2.36. The fraction of sp³-hybridized carbons (Fsp3) is 0.652. The summed E-state index contributed by atoms with van der Waals surface area (Å²) in [7, 11) is 0. The van der Waals surface area contributed by atoms with Crippen LogP contribution in [-0.4, -0.2) is 29.2 Å². The van der Waals surface area contributed by atoms with Gasteiger partial charge < -0.3 is 10.0 Å². The Hall–Kier alpha value is -1.69. The van der Waals surface area contributed by atoms with Gasteiger partial charge in [-0.2, -0.15) is 0 Å². The lowest BCUT2D eigenvalue weighted by Crippen LogP contribution is -2.45. The normalized spacial score (nSPS) is 23.3. The number of carboxylic acids is 1. The van der Waals surface area contributed by atoms with E-state index in [4.69, 9.17) is 0 Å². The summed E-state index contributed by atoms with van der Waals surface area (Å²) in [5.41, 5.74) is 1.70. The number of halogens is 1. The minimum atomic E-state index is -0.993. The number of amides is 1. The van der Waals surface area contributed by atoms with E-state index < -0.39 is 12.1 Å². The van der Waals surface area contributed by atoms with Crippen LogP contribution in [0.1, 0.15) is 92.6 Å². The Bertz CT molecular complexity index is 764. The van der Waals surface area contributed by atoms with E-state index in [1.807, 2.05) is 19.9 Å². The van der Waals surface area contributed by atoms with Crippen molar-refractivity contribution in [1.82, 2.24) is 0 Å². The van der Waals surface area contributed by atoms with Crippen LogP contribution in [0, 0.1) is 5.92 Å². The molecular weight excluding hydrogens is 389 g/mol. The summed E-state index contributed by atoms with van der Waals surface area (Å²) in [6.45, 7) is 3.96. The first-order chi connectivity index (χ1) is 13.9. The van der Waals surface area contributed by atoms with Gasteiger partial charge in [0.05, 0.1) is 5.69 Å². The summed E-state index contributed by atoms with van der Waals surface area (Å²) in [6.07, 6.45) is 9.31. The molecule has 1 aromatic rings. The summed E-state index contributed by atoms with van der Waals surface area (Å²) in [4.78, 5) is 28.4. The highest BCUT2D eigenvalue weighted by molar-refractivity contribution is 7.15. The molecule has 0 saturated heterocycles. The first-order valence-corrected chi connectivity index (χ1v) is 11.8. The topological polar surface area (TPSA) is 57.6 Å². The molecule has 1 fully saturated rings. The van der Waals surface area contributed by atoms with Gasteiger partial charge in [-0.1, -0.05) is 26.3 Å². The van der Waals surface area contributed by atoms with Gasteiger partial charge >= 0.3 is 5.97 Å². The number of allylic oxidation sites excluding steroid dienone is 2. The van der Waals surface area contributed by atoms with Crippen molar-refractivity contribution in [3.05, 3.63) is 21.9 Å². The van der Waals surface area contributed by atoms with E-state index in [0.717, 1.165) is 37.0 Å². The van der Waals surface area contributed by atoms with Crippen molar-refractivity contribution in [2.24, 2.45) is 5.92 Å². The Morgan fingerprint density at radius 3 is 2.59 bits per heavy atom. The Morgan fingerprint density at radius 2 is 2.00 bits per heavy atom. The quantitative estimate of drug-likeness (QED) is 0.550. The lowest BCUT2D eigenvalue weighted by atomic mass is 9.91. The van der Waals surface area contributed by atoms with Crippen molar-refractivity contribution in [3.63, 3.8) is 0 Å². The molecule has 2 aliphatic carbocycles. The maximum Gasteiger partial charge on any atom is 0.348 e. The van der Waals surface area contributed by atoms with Gasteiger partial charge in [0.1, 0.15) is 11.0 Å². The molecule has 1 atom stereocenters. The van der Waals surface area contributed by atoms with E-state index >= 15 is 0 Å². The number of anilines is 1. The molecule has 1 unspecified atom stereocenters. The number of aromatic carboxylic acids is 1. The molecular formula is C23H32FNO3S. The number of carboxylic acid groups (broad SMARTS) is 1. The Kier molecular flexibility index (Phi) is 7.49. The molecule has 1 heterocycles. The van der Waals surface area contributed by atoms with Gasteiger partial charge in [-0.15, -0.1) is 11.3 Å². The number of alkyl halides is 1. The minimum Gasteiger partial charge on any atom is -0.477 e. The van der Waals surface area contributed by atoms with E-state index in [1.54, 1.807) is 4.90 Å². The van der Waals surface area contributed by atoms with E-state index in [2.05, 4.69) is 6.08 Å². The van der Waals surface area contributed by atoms with Gasteiger partial charge in [-0.05, 0) is 69.4 Å². The molecule has 0 radical (unpaired) electrons. The molecule has 4 nitrogen and oxygen atoms in total. The smallest absolute Gasteiger partial charge is 0.348 e. The highest BCUT2D eigenvalue weighted by Crippen LogP contribution is 2.41. The summed E-state index contributed by atoms with van der Waals surface area (Å²) in [5, 5.41) is 9.88. The zero-order valence-electron chi connectivity index (χ0n) is 17.5. The molecule has 160 valence electrons. The van der Waals surface area contributed by atoms with Crippen molar-refractivity contribution in [1.29, 1.82) is 0 Å². The molecule has 0 aromatic carbocycles. The number of thiophene rings is 1. The van der Waals surface area contributed by atoms with Gasteiger partial charge in [0.2, 0.25) is 5.91 Å². The Balaban J connectivity index is 2.01. The fourth-order valence-corrected chi connectivity index (χ4v) is 5.57. The van der Waals surface area contributed by atoms with Crippen molar-refractivity contribution >= 4 is 34.5 Å². The van der Waals surface area contributed by atoms with Gasteiger partial charge in [0.15, 0.2) is 0 Å². The number of hydrogen-bond acceptors (Lipinski definition) is 3. The molecule has 0 aliphatic heterocycles. The third-order valence-corrected chi connectivity index (χ3v) is 7.33. The van der Waals surface area contributed by atoms with Crippen LogP contribution in [0.25, 0.3) is 5.57 Å². The molecule has 0 spiro atoms. The number of nitrogens with zero attached hydrogens (tertiary/aromatic N) is 1. The monoisotopic (exact) mass is 421 g/mol. The number of carbonyl (C=O) groups is 2. The van der Waals surface area contributed by atoms with Crippen molar-refractivity contribution < 1.29 is 19.1 Å². The van der Waals surface area contributed by atoms with E-state index in [9.17, 15) is 19.1 Å². The summed E-state index contributed by atoms with van der Waals surface area (Å²) in [6, 6.07) is 1.78. The second-order valence-electron chi connectivity index (χ2n) is 8.41. The van der Waals surface area contributed by atoms with E-state index in [1.165, 1.54) is 23.3 Å². The van der Waals surface area contributed by atoms with E-state index in [0.29, 0.717) is 31.4 Å². The van der Waals surface area contributed by atoms with Crippen molar-refractivity contribution in [2.45, 2.75) is 90.3 Å². The molecule has 1 saturated carbocycles. The van der Waals surface area contributed by atoms with E-state index in [-0.39, 0.29) is 22.7 Å². The third kappa shape index (κ3) is 5.08. The fourth-order valence-electron chi connectivity index (χ4n) is 4.52.